The second kappa shape index (κ2) is 12.2. The predicted octanol–water partition coefficient (Wildman–Crippen LogP) is 4.97. The fraction of sp³-hybridized carbons (Fsp3) is 0.500. The summed E-state index contributed by atoms with van der Waals surface area (Å²) in [5, 5.41) is 5.30. The van der Waals surface area contributed by atoms with Crippen LogP contribution in [-0.4, -0.2) is 41.4 Å². The minimum absolute atomic E-state index is 0.116. The zero-order chi connectivity index (χ0) is 21.1. The topological polar surface area (TPSA) is 71.5 Å². The van der Waals surface area contributed by atoms with Gasteiger partial charge in [0.2, 0.25) is 11.8 Å². The number of carbonyl (C=O) groups is 2. The van der Waals surface area contributed by atoms with Crippen LogP contribution in [0.25, 0.3) is 11.3 Å². The van der Waals surface area contributed by atoms with Crippen molar-refractivity contribution in [1.29, 1.82) is 0 Å². The molecule has 0 spiro atoms. The van der Waals surface area contributed by atoms with E-state index in [4.69, 9.17) is 4.74 Å². The molecule has 1 aromatic carbocycles. The lowest BCUT2D eigenvalue weighted by Crippen LogP contribution is -2.32. The Morgan fingerprint density at radius 1 is 1.10 bits per heavy atom. The van der Waals surface area contributed by atoms with Crippen LogP contribution in [-0.2, 0) is 9.59 Å². The van der Waals surface area contributed by atoms with Crippen molar-refractivity contribution >= 4 is 28.3 Å². The van der Waals surface area contributed by atoms with Gasteiger partial charge in [-0.25, -0.2) is 4.98 Å². The van der Waals surface area contributed by atoms with Crippen molar-refractivity contribution in [3.05, 3.63) is 29.6 Å². The molecule has 29 heavy (non-hydrogen) atoms. The monoisotopic (exact) mass is 417 g/mol. The van der Waals surface area contributed by atoms with Gasteiger partial charge in [-0.2, -0.15) is 0 Å². The average Bonchev–Trinajstić information content (AvgIpc) is 3.16. The van der Waals surface area contributed by atoms with Crippen LogP contribution in [0.3, 0.4) is 0 Å². The minimum atomic E-state index is -0.116. The predicted molar refractivity (Wildman–Crippen MR) is 118 cm³/mol. The molecule has 0 aliphatic heterocycles. The molecule has 0 aliphatic rings. The molecule has 0 radical (unpaired) electrons. The Balaban J connectivity index is 1.85. The molecule has 6 nitrogen and oxygen atoms in total. The van der Waals surface area contributed by atoms with Crippen molar-refractivity contribution in [3.8, 4) is 17.0 Å². The van der Waals surface area contributed by atoms with Gasteiger partial charge in [-0.15, -0.1) is 11.3 Å². The Morgan fingerprint density at radius 3 is 2.52 bits per heavy atom. The lowest BCUT2D eigenvalue weighted by Gasteiger charge is -2.21. The van der Waals surface area contributed by atoms with Crippen LogP contribution in [0.5, 0.6) is 5.75 Å². The molecule has 0 atom stereocenters. The lowest BCUT2D eigenvalue weighted by molar-refractivity contribution is -0.131. The van der Waals surface area contributed by atoms with Crippen LogP contribution < -0.4 is 10.1 Å². The third-order valence-electron chi connectivity index (χ3n) is 4.35. The maximum absolute atomic E-state index is 12.3. The van der Waals surface area contributed by atoms with Crippen molar-refractivity contribution in [3.63, 3.8) is 0 Å². The second-order valence-corrected chi connectivity index (χ2v) is 7.61. The number of hydrogen-bond acceptors (Lipinski definition) is 5. The first-order valence-electron chi connectivity index (χ1n) is 10.3. The zero-order valence-electron chi connectivity index (χ0n) is 17.6. The van der Waals surface area contributed by atoms with Gasteiger partial charge in [0.1, 0.15) is 5.75 Å². The van der Waals surface area contributed by atoms with E-state index in [0.29, 0.717) is 31.0 Å². The van der Waals surface area contributed by atoms with Crippen LogP contribution in [0.15, 0.2) is 29.6 Å². The highest BCUT2D eigenvalue weighted by Crippen LogP contribution is 2.32. The van der Waals surface area contributed by atoms with Crippen molar-refractivity contribution in [2.45, 2.75) is 52.9 Å². The second-order valence-electron chi connectivity index (χ2n) is 6.75. The number of nitrogens with one attached hydrogen (secondary N) is 1. The molecular weight excluding hydrogens is 386 g/mol. The van der Waals surface area contributed by atoms with Gasteiger partial charge in [0, 0.05) is 36.9 Å². The van der Waals surface area contributed by atoms with E-state index in [9.17, 15) is 9.59 Å². The number of para-hydroxylation sites is 1. The van der Waals surface area contributed by atoms with Crippen molar-refractivity contribution < 1.29 is 14.3 Å². The van der Waals surface area contributed by atoms with Gasteiger partial charge in [0.05, 0.1) is 12.3 Å². The molecule has 2 rings (SSSR count). The summed E-state index contributed by atoms with van der Waals surface area (Å²) in [7, 11) is 0. The molecule has 0 saturated heterocycles. The summed E-state index contributed by atoms with van der Waals surface area (Å²) in [6.45, 7) is 8.22. The first-order chi connectivity index (χ1) is 14.1. The fourth-order valence-corrected chi connectivity index (χ4v) is 3.78. The first-order valence-corrected chi connectivity index (χ1v) is 11.2. The number of ether oxygens (including phenoxy) is 1. The van der Waals surface area contributed by atoms with Gasteiger partial charge < -0.3 is 15.0 Å². The minimum Gasteiger partial charge on any atom is -0.493 e. The fourth-order valence-electron chi connectivity index (χ4n) is 3.06. The summed E-state index contributed by atoms with van der Waals surface area (Å²) in [6, 6.07) is 7.73. The molecule has 158 valence electrons. The summed E-state index contributed by atoms with van der Waals surface area (Å²) < 4.78 is 5.65. The summed E-state index contributed by atoms with van der Waals surface area (Å²) in [6.07, 6.45) is 3.15. The normalized spacial score (nSPS) is 10.6. The van der Waals surface area contributed by atoms with E-state index in [1.807, 2.05) is 41.5 Å². The molecular formula is C22H31N3O3S. The Labute approximate surface area is 177 Å². The number of benzene rings is 1. The maximum atomic E-state index is 12.3. The van der Waals surface area contributed by atoms with E-state index < -0.39 is 0 Å². The van der Waals surface area contributed by atoms with Crippen LogP contribution in [0.2, 0.25) is 0 Å². The summed E-state index contributed by atoms with van der Waals surface area (Å²) in [5.41, 5.74) is 1.68. The van der Waals surface area contributed by atoms with E-state index >= 15 is 0 Å². The van der Waals surface area contributed by atoms with Gasteiger partial charge in [-0.05, 0) is 38.3 Å². The van der Waals surface area contributed by atoms with Crippen LogP contribution in [0, 0.1) is 0 Å². The van der Waals surface area contributed by atoms with Crippen molar-refractivity contribution in [1.82, 2.24) is 9.88 Å². The number of hydrogen-bond donors (Lipinski definition) is 1. The van der Waals surface area contributed by atoms with Gasteiger partial charge in [-0.1, -0.05) is 26.0 Å². The van der Waals surface area contributed by atoms with Gasteiger partial charge in [-0.3, -0.25) is 9.59 Å². The number of aromatic nitrogens is 1. The van der Waals surface area contributed by atoms with E-state index in [0.717, 1.165) is 42.9 Å². The van der Waals surface area contributed by atoms with Gasteiger partial charge in [0.15, 0.2) is 5.13 Å². The molecule has 7 heteroatoms. The summed E-state index contributed by atoms with van der Waals surface area (Å²) >= 11 is 1.38. The molecule has 1 heterocycles. The Morgan fingerprint density at radius 2 is 1.83 bits per heavy atom. The molecule has 0 bridgehead atoms. The Bertz CT molecular complexity index is 785. The van der Waals surface area contributed by atoms with Crippen LogP contribution in [0.1, 0.15) is 52.9 Å². The molecule has 2 aromatic rings. The Kier molecular flexibility index (Phi) is 9.64. The lowest BCUT2D eigenvalue weighted by atomic mass is 10.1. The van der Waals surface area contributed by atoms with E-state index in [2.05, 4.69) is 24.1 Å². The SMILES string of the molecule is CCCN(CCC)C(=O)CCCC(=O)Nc1nc(-c2ccccc2OCC)cs1. The highest BCUT2D eigenvalue weighted by atomic mass is 32.1. The largest absolute Gasteiger partial charge is 0.493 e. The van der Waals surface area contributed by atoms with E-state index in [1.165, 1.54) is 11.3 Å². The molecule has 1 N–H and O–H groups in total. The van der Waals surface area contributed by atoms with Gasteiger partial charge >= 0.3 is 0 Å². The average molecular weight is 418 g/mol. The number of rotatable bonds is 12. The molecule has 0 aliphatic carbocycles. The standard InChI is InChI=1S/C22H31N3O3S/c1-4-14-25(15-5-2)21(27)13-9-12-20(26)24-22-23-18(16-29-22)17-10-7-8-11-19(17)28-6-3/h7-8,10-11,16H,4-6,9,12-15H2,1-3H3,(H,23,24,26). The molecule has 0 saturated carbocycles. The third kappa shape index (κ3) is 7.16. The summed E-state index contributed by atoms with van der Waals surface area (Å²) in [5.74, 6) is 0.792. The van der Waals surface area contributed by atoms with Crippen LogP contribution in [0.4, 0.5) is 5.13 Å². The number of amides is 2. The highest BCUT2D eigenvalue weighted by molar-refractivity contribution is 7.14. The third-order valence-corrected chi connectivity index (χ3v) is 5.11. The van der Waals surface area contributed by atoms with Crippen LogP contribution >= 0.6 is 11.3 Å². The smallest absolute Gasteiger partial charge is 0.226 e. The molecule has 1 aromatic heterocycles. The zero-order valence-corrected chi connectivity index (χ0v) is 18.4. The summed E-state index contributed by atoms with van der Waals surface area (Å²) in [4.78, 5) is 30.9. The van der Waals surface area contributed by atoms with E-state index in [1.54, 1.807) is 0 Å². The number of thiazole rings is 1. The quantitative estimate of drug-likeness (QED) is 0.529. The van der Waals surface area contributed by atoms with Crippen molar-refractivity contribution in [2.75, 3.05) is 25.0 Å². The highest BCUT2D eigenvalue weighted by Gasteiger charge is 2.14. The number of anilines is 1. The number of carbonyl (C=O) groups excluding carboxylic acids is 2. The number of nitrogens with zero attached hydrogens (tertiary/aromatic N) is 2. The molecule has 0 unspecified atom stereocenters. The Hall–Kier alpha value is -2.41. The van der Waals surface area contributed by atoms with Crippen molar-refractivity contribution in [2.24, 2.45) is 0 Å². The first kappa shape index (κ1) is 22.9. The molecule has 0 fully saturated rings. The van der Waals surface area contributed by atoms with E-state index in [-0.39, 0.29) is 11.8 Å². The maximum Gasteiger partial charge on any atom is 0.226 e. The van der Waals surface area contributed by atoms with Gasteiger partial charge in [0.25, 0.3) is 0 Å². The molecule has 2 amide bonds.